The van der Waals surface area contributed by atoms with Gasteiger partial charge in [0.05, 0.1) is 26.3 Å². The van der Waals surface area contributed by atoms with Crippen molar-refractivity contribution >= 4 is 52.1 Å². The molecule has 0 spiro atoms. The Morgan fingerprint density at radius 2 is 1.74 bits per heavy atom. The third-order valence-electron chi connectivity index (χ3n) is 5.62. The lowest BCUT2D eigenvalue weighted by Crippen LogP contribution is -2.37. The van der Waals surface area contributed by atoms with Gasteiger partial charge in [0.2, 0.25) is 5.91 Å². The molecule has 7 nitrogen and oxygen atoms in total. The summed E-state index contributed by atoms with van der Waals surface area (Å²) >= 11 is 11.8. The highest BCUT2D eigenvalue weighted by atomic mass is 35.5. The third-order valence-corrected chi connectivity index (χ3v) is 6.27. The number of anilines is 2. The van der Waals surface area contributed by atoms with Crippen molar-refractivity contribution in [2.75, 3.05) is 24.4 Å². The van der Waals surface area contributed by atoms with E-state index in [0.717, 1.165) is 5.56 Å². The molecule has 3 aromatic carbocycles. The normalized spacial score (nSPS) is 15.3. The molecule has 0 radical (unpaired) electrons. The number of carbonyl (C=O) groups is 2. The molecule has 0 aromatic heterocycles. The zero-order valence-corrected chi connectivity index (χ0v) is 20.8. The molecule has 1 atom stereocenters. The van der Waals surface area contributed by atoms with Crippen LogP contribution >= 0.6 is 23.8 Å². The Kier molecular flexibility index (Phi) is 7.53. The van der Waals surface area contributed by atoms with E-state index in [1.54, 1.807) is 49.5 Å². The smallest absolute Gasteiger partial charge is 0.256 e. The minimum Gasteiger partial charge on any atom is -0.493 e. The van der Waals surface area contributed by atoms with Gasteiger partial charge in [-0.25, -0.2) is 0 Å². The molecule has 0 aliphatic carbocycles. The van der Waals surface area contributed by atoms with Crippen molar-refractivity contribution in [3.05, 3.63) is 83.4 Å². The van der Waals surface area contributed by atoms with E-state index < -0.39 is 6.04 Å². The van der Waals surface area contributed by atoms with E-state index in [-0.39, 0.29) is 18.2 Å². The first-order valence-corrected chi connectivity index (χ1v) is 11.7. The summed E-state index contributed by atoms with van der Waals surface area (Å²) in [5, 5.41) is 3.65. The number of benzene rings is 3. The number of amides is 2. The monoisotopic (exact) mass is 509 g/mol. The second-order valence-electron chi connectivity index (χ2n) is 7.89. The average molecular weight is 510 g/mol. The molecule has 1 aliphatic rings. The maximum atomic E-state index is 13.5. The molecule has 1 fully saturated rings. The van der Waals surface area contributed by atoms with E-state index in [4.69, 9.17) is 33.3 Å². The maximum Gasteiger partial charge on any atom is 0.256 e. The fourth-order valence-corrected chi connectivity index (χ4v) is 4.54. The molecule has 9 heteroatoms. The number of nitrogens with zero attached hydrogens (tertiary/aromatic N) is 2. The van der Waals surface area contributed by atoms with Crippen molar-refractivity contribution in [2.45, 2.75) is 19.0 Å². The summed E-state index contributed by atoms with van der Waals surface area (Å²) in [6.45, 7) is 0.309. The van der Waals surface area contributed by atoms with Crippen LogP contribution in [0, 0.1) is 0 Å². The molecule has 4 rings (SSSR count). The molecule has 180 valence electrons. The van der Waals surface area contributed by atoms with Crippen LogP contribution in [-0.4, -0.2) is 42.1 Å². The predicted molar refractivity (Wildman–Crippen MR) is 140 cm³/mol. The molecule has 1 saturated heterocycles. The van der Waals surface area contributed by atoms with Gasteiger partial charge >= 0.3 is 0 Å². The highest BCUT2D eigenvalue weighted by Gasteiger charge is 2.44. The van der Waals surface area contributed by atoms with Crippen molar-refractivity contribution < 1.29 is 19.1 Å². The molecule has 3 aromatic rings. The lowest BCUT2D eigenvalue weighted by atomic mass is 10.1. The van der Waals surface area contributed by atoms with Crippen LogP contribution in [0.2, 0.25) is 5.02 Å². The summed E-state index contributed by atoms with van der Waals surface area (Å²) in [7, 11) is 3.13. The number of halogens is 1. The van der Waals surface area contributed by atoms with Crippen LogP contribution in [0.3, 0.4) is 0 Å². The van der Waals surface area contributed by atoms with E-state index in [1.807, 2.05) is 42.5 Å². The van der Waals surface area contributed by atoms with Crippen LogP contribution in [-0.2, 0) is 16.1 Å². The second kappa shape index (κ2) is 10.8. The van der Waals surface area contributed by atoms with Crippen LogP contribution in [0.4, 0.5) is 11.4 Å². The molecule has 1 heterocycles. The number of rotatable bonds is 8. The number of nitrogens with one attached hydrogen (secondary N) is 1. The van der Waals surface area contributed by atoms with Gasteiger partial charge in [0, 0.05) is 17.3 Å². The third kappa shape index (κ3) is 5.39. The number of thiocarbonyl (C=S) groups is 1. The van der Waals surface area contributed by atoms with Gasteiger partial charge in [0.15, 0.2) is 16.6 Å². The first-order chi connectivity index (χ1) is 16.9. The van der Waals surface area contributed by atoms with E-state index in [9.17, 15) is 9.59 Å². The van der Waals surface area contributed by atoms with Crippen molar-refractivity contribution in [2.24, 2.45) is 0 Å². The Balaban J connectivity index is 1.62. The summed E-state index contributed by atoms with van der Waals surface area (Å²) in [5.41, 5.74) is 2.06. The molecule has 1 N–H and O–H groups in total. The van der Waals surface area contributed by atoms with Crippen LogP contribution in [0.15, 0.2) is 72.8 Å². The molecule has 0 unspecified atom stereocenters. The summed E-state index contributed by atoms with van der Waals surface area (Å²) in [4.78, 5) is 29.7. The summed E-state index contributed by atoms with van der Waals surface area (Å²) in [5.74, 6) is 0.583. The van der Waals surface area contributed by atoms with Gasteiger partial charge in [0.25, 0.3) is 5.91 Å². The Bertz CT molecular complexity index is 1250. The van der Waals surface area contributed by atoms with Crippen LogP contribution in [0.5, 0.6) is 11.5 Å². The number of carbonyl (C=O) groups excluding carboxylic acids is 2. The topological polar surface area (TPSA) is 71.1 Å². The number of methoxy groups -OCH3 is 2. The molecule has 0 bridgehead atoms. The number of hydrogen-bond acceptors (Lipinski definition) is 5. The average Bonchev–Trinajstić information content (AvgIpc) is 3.08. The van der Waals surface area contributed by atoms with Gasteiger partial charge in [0.1, 0.15) is 6.04 Å². The fourth-order valence-electron chi connectivity index (χ4n) is 3.96. The van der Waals surface area contributed by atoms with Gasteiger partial charge in [-0.3, -0.25) is 14.5 Å². The lowest BCUT2D eigenvalue weighted by Gasteiger charge is -2.24. The molecule has 0 saturated carbocycles. The minimum absolute atomic E-state index is 0.0812. The van der Waals surface area contributed by atoms with Gasteiger partial charge in [-0.05, 0) is 60.2 Å². The number of ether oxygens (including phenoxy) is 2. The molecular formula is C26H24ClN3O4S. The Morgan fingerprint density at radius 3 is 2.43 bits per heavy atom. The predicted octanol–water partition coefficient (Wildman–Crippen LogP) is 4.89. The highest BCUT2D eigenvalue weighted by Crippen LogP contribution is 2.32. The molecule has 1 aliphatic heterocycles. The number of para-hydroxylation sites is 1. The highest BCUT2D eigenvalue weighted by molar-refractivity contribution is 7.80. The largest absolute Gasteiger partial charge is 0.493 e. The SMILES string of the molecule is COc1ccc(CN2C(=S)N(c3ccccc3)C(=O)[C@@H]2CC(=O)Nc2cccc(Cl)c2)cc1OC. The van der Waals surface area contributed by atoms with E-state index in [2.05, 4.69) is 5.32 Å². The van der Waals surface area contributed by atoms with Crippen molar-refractivity contribution in [3.63, 3.8) is 0 Å². The van der Waals surface area contributed by atoms with Gasteiger partial charge in [-0.1, -0.05) is 41.9 Å². The van der Waals surface area contributed by atoms with Crippen LogP contribution in [0.25, 0.3) is 0 Å². The van der Waals surface area contributed by atoms with Crippen LogP contribution in [0.1, 0.15) is 12.0 Å². The van der Waals surface area contributed by atoms with Gasteiger partial charge in [-0.15, -0.1) is 0 Å². The summed E-state index contributed by atoms with van der Waals surface area (Å²) in [6.07, 6.45) is -0.0812. The van der Waals surface area contributed by atoms with E-state index in [0.29, 0.717) is 39.6 Å². The Morgan fingerprint density at radius 1 is 1.00 bits per heavy atom. The fraction of sp³-hybridized carbons (Fsp3) is 0.192. The van der Waals surface area contributed by atoms with Crippen molar-refractivity contribution in [1.29, 1.82) is 0 Å². The zero-order valence-electron chi connectivity index (χ0n) is 19.2. The van der Waals surface area contributed by atoms with E-state index >= 15 is 0 Å². The maximum absolute atomic E-state index is 13.5. The molecule has 35 heavy (non-hydrogen) atoms. The molecule has 2 amide bonds. The first-order valence-electron chi connectivity index (χ1n) is 10.9. The lowest BCUT2D eigenvalue weighted by molar-refractivity contribution is -0.124. The minimum atomic E-state index is -0.782. The van der Waals surface area contributed by atoms with Crippen molar-refractivity contribution in [3.8, 4) is 11.5 Å². The zero-order chi connectivity index (χ0) is 24.9. The summed E-state index contributed by atoms with van der Waals surface area (Å²) < 4.78 is 10.7. The standard InChI is InChI=1S/C26H24ClN3O4S/c1-33-22-12-11-17(13-23(22)34-2)16-29-21(15-24(31)28-19-8-6-7-18(27)14-19)25(32)30(26(29)35)20-9-4-3-5-10-20/h3-14,21H,15-16H2,1-2H3,(H,28,31)/t21-/m0/s1. The van der Waals surface area contributed by atoms with E-state index in [1.165, 1.54) is 4.90 Å². The quantitative estimate of drug-likeness (QED) is 0.436. The Hall–Kier alpha value is -3.62. The second-order valence-corrected chi connectivity index (χ2v) is 8.69. The first kappa shape index (κ1) is 24.5. The summed E-state index contributed by atoms with van der Waals surface area (Å²) in [6, 6.07) is 20.7. The van der Waals surface area contributed by atoms with Crippen LogP contribution < -0.4 is 19.7 Å². The molecular weight excluding hydrogens is 486 g/mol. The Labute approximate surface area is 214 Å². The number of hydrogen-bond donors (Lipinski definition) is 1. The van der Waals surface area contributed by atoms with Crippen molar-refractivity contribution in [1.82, 2.24) is 4.90 Å². The van der Waals surface area contributed by atoms with Gasteiger partial charge in [-0.2, -0.15) is 0 Å². The van der Waals surface area contributed by atoms with Gasteiger partial charge < -0.3 is 19.7 Å².